The van der Waals surface area contributed by atoms with Gasteiger partial charge in [-0.25, -0.2) is 0 Å². The molecule has 0 unspecified atom stereocenters. The molecule has 0 saturated carbocycles. The van der Waals surface area contributed by atoms with Crippen LogP contribution in [0.4, 0.5) is 5.69 Å². The molecule has 3 aromatic rings. The molecule has 27 heavy (non-hydrogen) atoms. The zero-order valence-electron chi connectivity index (χ0n) is 15.8. The number of carbonyl (C=O) groups is 1. The summed E-state index contributed by atoms with van der Waals surface area (Å²) in [5, 5.41) is 0. The van der Waals surface area contributed by atoms with Crippen molar-refractivity contribution in [3.63, 3.8) is 0 Å². The second-order valence-electron chi connectivity index (χ2n) is 6.93. The zero-order valence-corrected chi connectivity index (χ0v) is 15.8. The maximum atomic E-state index is 13.1. The van der Waals surface area contributed by atoms with E-state index in [4.69, 9.17) is 4.42 Å². The fraction of sp³-hybridized carbons (Fsp3) is 0.333. The average molecular weight is 364 g/mol. The van der Waals surface area contributed by atoms with Crippen LogP contribution in [0, 0.1) is 13.8 Å². The Labute approximate surface area is 159 Å². The van der Waals surface area contributed by atoms with E-state index in [2.05, 4.69) is 14.5 Å². The summed E-state index contributed by atoms with van der Waals surface area (Å²) in [5.41, 5.74) is 4.01. The van der Waals surface area contributed by atoms with Crippen molar-refractivity contribution in [1.29, 1.82) is 0 Å². The van der Waals surface area contributed by atoms with E-state index < -0.39 is 0 Å². The van der Waals surface area contributed by atoms with E-state index in [-0.39, 0.29) is 5.91 Å². The summed E-state index contributed by atoms with van der Waals surface area (Å²) in [4.78, 5) is 21.4. The Balaban J connectivity index is 1.46. The molecule has 1 fully saturated rings. The number of furan rings is 1. The van der Waals surface area contributed by atoms with Crippen molar-refractivity contribution in [1.82, 2.24) is 14.5 Å². The maximum Gasteiger partial charge on any atom is 0.255 e. The Morgan fingerprint density at radius 2 is 1.85 bits per heavy atom. The number of anilines is 1. The first kappa shape index (κ1) is 17.4. The lowest BCUT2D eigenvalue weighted by atomic mass is 10.2. The van der Waals surface area contributed by atoms with Crippen molar-refractivity contribution in [3.05, 3.63) is 71.7 Å². The first-order valence-electron chi connectivity index (χ1n) is 9.27. The zero-order chi connectivity index (χ0) is 18.8. The van der Waals surface area contributed by atoms with Gasteiger partial charge < -0.3 is 18.8 Å². The third kappa shape index (κ3) is 3.47. The van der Waals surface area contributed by atoms with Crippen LogP contribution in [-0.2, 0) is 6.54 Å². The predicted molar refractivity (Wildman–Crippen MR) is 104 cm³/mol. The number of aryl methyl sites for hydroxylation is 1. The molecule has 1 amide bonds. The van der Waals surface area contributed by atoms with E-state index >= 15 is 0 Å². The second-order valence-corrected chi connectivity index (χ2v) is 6.93. The molecule has 0 aliphatic carbocycles. The normalized spacial score (nSPS) is 14.6. The molecule has 6 nitrogen and oxygen atoms in total. The third-order valence-electron chi connectivity index (χ3n) is 5.29. The Morgan fingerprint density at radius 3 is 2.52 bits per heavy atom. The van der Waals surface area contributed by atoms with Gasteiger partial charge in [0, 0.05) is 55.6 Å². The topological polar surface area (TPSA) is 54.5 Å². The lowest BCUT2D eigenvalue weighted by molar-refractivity contribution is 0.0746. The van der Waals surface area contributed by atoms with Crippen molar-refractivity contribution < 1.29 is 9.21 Å². The lowest BCUT2D eigenvalue weighted by Crippen LogP contribution is -2.48. The minimum Gasteiger partial charge on any atom is -0.467 e. The van der Waals surface area contributed by atoms with Gasteiger partial charge in [-0.05, 0) is 44.2 Å². The van der Waals surface area contributed by atoms with Gasteiger partial charge in [0.25, 0.3) is 5.91 Å². The first-order valence-corrected chi connectivity index (χ1v) is 9.27. The minimum absolute atomic E-state index is 0.114. The summed E-state index contributed by atoms with van der Waals surface area (Å²) in [7, 11) is 0. The van der Waals surface area contributed by atoms with E-state index in [0.717, 1.165) is 54.6 Å². The molecule has 3 aromatic heterocycles. The number of carbonyl (C=O) groups excluding carboxylic acids is 1. The molecule has 1 aliphatic heterocycles. The van der Waals surface area contributed by atoms with Gasteiger partial charge in [-0.3, -0.25) is 9.78 Å². The highest BCUT2D eigenvalue weighted by Gasteiger charge is 2.25. The van der Waals surface area contributed by atoms with Crippen molar-refractivity contribution in [2.24, 2.45) is 0 Å². The summed E-state index contributed by atoms with van der Waals surface area (Å²) in [6, 6.07) is 9.87. The van der Waals surface area contributed by atoms with Gasteiger partial charge in [-0.15, -0.1) is 0 Å². The molecule has 140 valence electrons. The summed E-state index contributed by atoms with van der Waals surface area (Å²) in [6.45, 7) is 7.81. The minimum atomic E-state index is 0.114. The van der Waals surface area contributed by atoms with Gasteiger partial charge >= 0.3 is 0 Å². The SMILES string of the molecule is Cc1cc(C(=O)N2CCN(c3ccncc3)CC2)c(C)n1Cc1ccco1. The fourth-order valence-electron chi connectivity index (χ4n) is 3.71. The van der Waals surface area contributed by atoms with Crippen molar-refractivity contribution in [2.45, 2.75) is 20.4 Å². The number of hydrogen-bond donors (Lipinski definition) is 0. The van der Waals surface area contributed by atoms with Gasteiger partial charge in [-0.1, -0.05) is 0 Å². The van der Waals surface area contributed by atoms with Crippen LogP contribution in [0.1, 0.15) is 27.5 Å². The summed E-state index contributed by atoms with van der Waals surface area (Å²) < 4.78 is 7.60. The van der Waals surface area contributed by atoms with E-state index in [0.29, 0.717) is 6.54 Å². The van der Waals surface area contributed by atoms with E-state index in [1.54, 1.807) is 18.7 Å². The molecule has 0 bridgehead atoms. The van der Waals surface area contributed by atoms with E-state index in [9.17, 15) is 4.79 Å². The number of hydrogen-bond acceptors (Lipinski definition) is 4. The molecular formula is C21H24N4O2. The third-order valence-corrected chi connectivity index (χ3v) is 5.29. The Morgan fingerprint density at radius 1 is 1.11 bits per heavy atom. The molecule has 0 aromatic carbocycles. The van der Waals surface area contributed by atoms with Crippen LogP contribution in [0.25, 0.3) is 0 Å². The molecule has 0 radical (unpaired) electrons. The number of rotatable bonds is 4. The molecule has 0 spiro atoms. The molecule has 1 saturated heterocycles. The number of nitrogens with zero attached hydrogens (tertiary/aromatic N) is 4. The summed E-state index contributed by atoms with van der Waals surface area (Å²) in [6.07, 6.45) is 5.29. The lowest BCUT2D eigenvalue weighted by Gasteiger charge is -2.36. The molecular weight excluding hydrogens is 340 g/mol. The van der Waals surface area contributed by atoms with Crippen molar-refractivity contribution in [2.75, 3.05) is 31.1 Å². The quantitative estimate of drug-likeness (QED) is 0.714. The molecule has 1 aliphatic rings. The number of aromatic nitrogens is 2. The van der Waals surface area contributed by atoms with Gasteiger partial charge in [0.15, 0.2) is 0 Å². The Hall–Kier alpha value is -3.02. The van der Waals surface area contributed by atoms with Crippen LogP contribution in [0.5, 0.6) is 0 Å². The smallest absolute Gasteiger partial charge is 0.255 e. The van der Waals surface area contributed by atoms with Crippen LogP contribution in [0.15, 0.2) is 53.4 Å². The highest BCUT2D eigenvalue weighted by molar-refractivity contribution is 5.96. The van der Waals surface area contributed by atoms with E-state index in [1.807, 2.05) is 49.1 Å². The highest BCUT2D eigenvalue weighted by Crippen LogP contribution is 2.21. The van der Waals surface area contributed by atoms with Crippen LogP contribution >= 0.6 is 0 Å². The monoisotopic (exact) mass is 364 g/mol. The van der Waals surface area contributed by atoms with E-state index in [1.165, 1.54) is 0 Å². The van der Waals surface area contributed by atoms with Crippen LogP contribution in [-0.4, -0.2) is 46.5 Å². The Bertz CT molecular complexity index is 907. The molecule has 4 heterocycles. The van der Waals surface area contributed by atoms with Crippen molar-refractivity contribution >= 4 is 11.6 Å². The second kappa shape index (κ2) is 7.31. The fourth-order valence-corrected chi connectivity index (χ4v) is 3.71. The van der Waals surface area contributed by atoms with Crippen molar-refractivity contribution in [3.8, 4) is 0 Å². The van der Waals surface area contributed by atoms with Gasteiger partial charge in [0.1, 0.15) is 5.76 Å². The molecule has 4 rings (SSSR count). The van der Waals surface area contributed by atoms with Crippen LogP contribution < -0.4 is 4.90 Å². The number of pyridine rings is 1. The predicted octanol–water partition coefficient (Wildman–Crippen LogP) is 3.10. The average Bonchev–Trinajstić information content (AvgIpc) is 3.32. The highest BCUT2D eigenvalue weighted by atomic mass is 16.3. The Kier molecular flexibility index (Phi) is 4.71. The summed E-state index contributed by atoms with van der Waals surface area (Å²) in [5.74, 6) is 1.00. The summed E-state index contributed by atoms with van der Waals surface area (Å²) >= 11 is 0. The largest absolute Gasteiger partial charge is 0.467 e. The van der Waals surface area contributed by atoms with Gasteiger partial charge in [-0.2, -0.15) is 0 Å². The molecule has 6 heteroatoms. The number of amides is 1. The first-order chi connectivity index (χ1) is 13.1. The molecule has 0 N–H and O–H groups in total. The maximum absolute atomic E-state index is 13.1. The van der Waals surface area contributed by atoms with Crippen LogP contribution in [0.3, 0.4) is 0 Å². The van der Waals surface area contributed by atoms with Gasteiger partial charge in [0.05, 0.1) is 18.4 Å². The molecule has 0 atom stereocenters. The number of piperazine rings is 1. The van der Waals surface area contributed by atoms with Gasteiger partial charge in [0.2, 0.25) is 0 Å². The standard InChI is InChI=1S/C21H24N4O2/c1-16-14-20(17(2)25(16)15-19-4-3-13-27-19)21(26)24-11-9-23(10-12-24)18-5-7-22-8-6-18/h3-8,13-14H,9-12,15H2,1-2H3. The van der Waals surface area contributed by atoms with Crippen LogP contribution in [0.2, 0.25) is 0 Å².